The SMILES string of the molecule is Cc1cc(C(C)NC2C[C@H](C)Sc3sccc32)c(C)s1. The van der Waals surface area contributed by atoms with Crippen LogP contribution in [0.2, 0.25) is 0 Å². The van der Waals surface area contributed by atoms with Crippen LogP contribution in [0.25, 0.3) is 0 Å². The molecular weight excluding hydrogens is 302 g/mol. The van der Waals surface area contributed by atoms with Gasteiger partial charge in [0.2, 0.25) is 0 Å². The number of hydrogen-bond donors (Lipinski definition) is 1. The molecule has 0 saturated heterocycles. The molecule has 2 unspecified atom stereocenters. The zero-order chi connectivity index (χ0) is 14.3. The van der Waals surface area contributed by atoms with Gasteiger partial charge in [-0.1, -0.05) is 6.92 Å². The second-order valence-corrected chi connectivity index (χ2v) is 9.72. The highest BCUT2D eigenvalue weighted by molar-refractivity contribution is 8.01. The predicted molar refractivity (Wildman–Crippen MR) is 92.3 cm³/mol. The van der Waals surface area contributed by atoms with Crippen LogP contribution in [0, 0.1) is 13.8 Å². The maximum atomic E-state index is 3.86. The lowest BCUT2D eigenvalue weighted by Crippen LogP contribution is -2.28. The summed E-state index contributed by atoms with van der Waals surface area (Å²) in [5.41, 5.74) is 2.98. The maximum Gasteiger partial charge on any atom is 0.0649 e. The van der Waals surface area contributed by atoms with Crippen molar-refractivity contribution in [1.29, 1.82) is 0 Å². The van der Waals surface area contributed by atoms with Gasteiger partial charge in [-0.2, -0.15) is 0 Å². The molecule has 0 amide bonds. The number of aryl methyl sites for hydroxylation is 2. The average molecular weight is 324 g/mol. The molecule has 1 aliphatic heterocycles. The van der Waals surface area contributed by atoms with Gasteiger partial charge in [-0.25, -0.2) is 0 Å². The molecule has 1 nitrogen and oxygen atoms in total. The van der Waals surface area contributed by atoms with Gasteiger partial charge in [0.15, 0.2) is 0 Å². The Bertz CT molecular complexity index is 599. The molecule has 0 bridgehead atoms. The third kappa shape index (κ3) is 2.84. The lowest BCUT2D eigenvalue weighted by Gasteiger charge is -2.30. The summed E-state index contributed by atoms with van der Waals surface area (Å²) in [4.78, 5) is 2.86. The van der Waals surface area contributed by atoms with Crippen LogP contribution < -0.4 is 5.32 Å². The fourth-order valence-corrected chi connectivity index (χ4v) is 6.57. The first-order chi connectivity index (χ1) is 9.54. The standard InChI is InChI=1S/C16H21NS3/c1-9-7-14(12(4)19-9)11(3)17-15-8-10(2)20-16-13(15)5-6-18-16/h5-7,10-11,15,17H,8H2,1-4H3/t10-,11?,15?/m0/s1. The highest BCUT2D eigenvalue weighted by Gasteiger charge is 2.27. The summed E-state index contributed by atoms with van der Waals surface area (Å²) < 4.78 is 1.51. The van der Waals surface area contributed by atoms with E-state index in [-0.39, 0.29) is 0 Å². The van der Waals surface area contributed by atoms with E-state index in [9.17, 15) is 0 Å². The van der Waals surface area contributed by atoms with Crippen molar-refractivity contribution in [1.82, 2.24) is 5.32 Å². The number of thiophene rings is 2. The molecule has 3 heterocycles. The number of fused-ring (bicyclic) bond motifs is 1. The summed E-state index contributed by atoms with van der Waals surface area (Å²) in [5, 5.41) is 6.80. The summed E-state index contributed by atoms with van der Waals surface area (Å²) in [6, 6.07) is 5.57. The van der Waals surface area contributed by atoms with Crippen molar-refractivity contribution in [3.05, 3.63) is 38.4 Å². The molecule has 3 atom stereocenters. The fourth-order valence-electron chi connectivity index (χ4n) is 2.98. The van der Waals surface area contributed by atoms with Gasteiger partial charge in [0.25, 0.3) is 0 Å². The Hall–Kier alpha value is -0.290. The zero-order valence-electron chi connectivity index (χ0n) is 12.4. The molecule has 4 heteroatoms. The van der Waals surface area contributed by atoms with Gasteiger partial charge in [-0.3, -0.25) is 0 Å². The number of thioether (sulfide) groups is 1. The molecule has 1 aliphatic rings. The van der Waals surface area contributed by atoms with E-state index in [0.29, 0.717) is 17.3 Å². The minimum Gasteiger partial charge on any atom is -0.303 e. The predicted octanol–water partition coefficient (Wildman–Crippen LogP) is 5.70. The Morgan fingerprint density at radius 2 is 2.15 bits per heavy atom. The molecule has 0 aromatic carbocycles. The first-order valence-corrected chi connectivity index (χ1v) is 9.69. The second-order valence-electron chi connectivity index (χ2n) is 5.64. The Morgan fingerprint density at radius 3 is 2.85 bits per heavy atom. The molecule has 2 aromatic heterocycles. The van der Waals surface area contributed by atoms with Crippen LogP contribution in [0.5, 0.6) is 0 Å². The van der Waals surface area contributed by atoms with Gasteiger partial charge < -0.3 is 5.32 Å². The van der Waals surface area contributed by atoms with Crippen LogP contribution in [0.4, 0.5) is 0 Å². The molecule has 108 valence electrons. The molecule has 20 heavy (non-hydrogen) atoms. The smallest absolute Gasteiger partial charge is 0.0649 e. The Labute approximate surface area is 133 Å². The van der Waals surface area contributed by atoms with Crippen molar-refractivity contribution in [3.8, 4) is 0 Å². The molecule has 2 aromatic rings. The Kier molecular flexibility index (Phi) is 4.27. The largest absolute Gasteiger partial charge is 0.303 e. The van der Waals surface area contributed by atoms with Crippen LogP contribution in [0.15, 0.2) is 21.7 Å². The average Bonchev–Trinajstić information content (AvgIpc) is 2.95. The molecule has 0 radical (unpaired) electrons. The summed E-state index contributed by atoms with van der Waals surface area (Å²) in [5.74, 6) is 0. The van der Waals surface area contributed by atoms with Crippen LogP contribution >= 0.6 is 34.4 Å². The minimum absolute atomic E-state index is 0.424. The Morgan fingerprint density at radius 1 is 1.35 bits per heavy atom. The lowest BCUT2D eigenvalue weighted by atomic mass is 10.0. The monoisotopic (exact) mass is 323 g/mol. The Balaban J connectivity index is 1.80. The van der Waals surface area contributed by atoms with Crippen LogP contribution in [-0.4, -0.2) is 5.25 Å². The van der Waals surface area contributed by atoms with Gasteiger partial charge in [0, 0.05) is 27.1 Å². The van der Waals surface area contributed by atoms with Gasteiger partial charge in [0.05, 0.1) is 4.21 Å². The van der Waals surface area contributed by atoms with Crippen molar-refractivity contribution < 1.29 is 0 Å². The van der Waals surface area contributed by atoms with Gasteiger partial charge in [0.1, 0.15) is 0 Å². The van der Waals surface area contributed by atoms with E-state index in [1.165, 1.54) is 31.5 Å². The van der Waals surface area contributed by atoms with E-state index in [1.54, 1.807) is 0 Å². The molecule has 1 N–H and O–H groups in total. The van der Waals surface area contributed by atoms with Gasteiger partial charge in [-0.05, 0) is 55.8 Å². The van der Waals surface area contributed by atoms with Crippen molar-refractivity contribution in [3.63, 3.8) is 0 Å². The van der Waals surface area contributed by atoms with Crippen molar-refractivity contribution in [2.45, 2.75) is 55.7 Å². The van der Waals surface area contributed by atoms with E-state index in [4.69, 9.17) is 0 Å². The summed E-state index contributed by atoms with van der Waals surface area (Å²) in [7, 11) is 0. The summed E-state index contributed by atoms with van der Waals surface area (Å²) in [6.07, 6.45) is 1.22. The minimum atomic E-state index is 0.424. The first-order valence-electron chi connectivity index (χ1n) is 7.11. The van der Waals surface area contributed by atoms with Crippen LogP contribution in [0.1, 0.15) is 53.2 Å². The van der Waals surface area contributed by atoms with E-state index >= 15 is 0 Å². The van der Waals surface area contributed by atoms with E-state index in [2.05, 4.69) is 50.5 Å². The number of hydrogen-bond acceptors (Lipinski definition) is 4. The highest BCUT2D eigenvalue weighted by Crippen LogP contribution is 2.44. The first kappa shape index (κ1) is 14.6. The second kappa shape index (κ2) is 5.84. The molecule has 0 saturated carbocycles. The molecule has 0 fully saturated rings. The van der Waals surface area contributed by atoms with Gasteiger partial charge in [-0.15, -0.1) is 34.4 Å². The van der Waals surface area contributed by atoms with Crippen LogP contribution in [0.3, 0.4) is 0 Å². The highest BCUT2D eigenvalue weighted by atomic mass is 32.2. The topological polar surface area (TPSA) is 12.0 Å². The lowest BCUT2D eigenvalue weighted by molar-refractivity contribution is 0.435. The quantitative estimate of drug-likeness (QED) is 0.777. The van der Waals surface area contributed by atoms with Crippen LogP contribution in [-0.2, 0) is 0 Å². The molecule has 0 aliphatic carbocycles. The van der Waals surface area contributed by atoms with E-state index < -0.39 is 0 Å². The maximum absolute atomic E-state index is 3.86. The summed E-state index contributed by atoms with van der Waals surface area (Å²) >= 11 is 5.83. The van der Waals surface area contributed by atoms with Crippen molar-refractivity contribution in [2.24, 2.45) is 0 Å². The number of rotatable bonds is 3. The fraction of sp³-hybridized carbons (Fsp3) is 0.500. The van der Waals surface area contributed by atoms with Gasteiger partial charge >= 0.3 is 0 Å². The normalized spacial score (nSPS) is 23.6. The van der Waals surface area contributed by atoms with E-state index in [1.807, 2.05) is 34.4 Å². The third-order valence-electron chi connectivity index (χ3n) is 3.91. The molecule has 3 rings (SSSR count). The number of nitrogens with one attached hydrogen (secondary N) is 1. The molecule has 0 spiro atoms. The summed E-state index contributed by atoms with van der Waals surface area (Å²) in [6.45, 7) is 9.07. The van der Waals surface area contributed by atoms with E-state index in [0.717, 1.165) is 0 Å². The van der Waals surface area contributed by atoms with Crippen molar-refractivity contribution >= 4 is 34.4 Å². The third-order valence-corrected chi connectivity index (χ3v) is 7.23. The molecular formula is C16H21NS3. The zero-order valence-corrected chi connectivity index (χ0v) is 14.8. The van der Waals surface area contributed by atoms with Crippen molar-refractivity contribution in [2.75, 3.05) is 0 Å².